The van der Waals surface area contributed by atoms with Gasteiger partial charge in [0.15, 0.2) is 5.76 Å². The van der Waals surface area contributed by atoms with Crippen molar-refractivity contribution in [3.63, 3.8) is 0 Å². The third kappa shape index (κ3) is 3.64. The lowest BCUT2D eigenvalue weighted by atomic mass is 10.0. The van der Waals surface area contributed by atoms with Gasteiger partial charge in [0.2, 0.25) is 5.82 Å². The van der Waals surface area contributed by atoms with Crippen molar-refractivity contribution in [3.05, 3.63) is 63.4 Å². The van der Waals surface area contributed by atoms with Crippen LogP contribution in [0.4, 0.5) is 17.6 Å². The van der Waals surface area contributed by atoms with E-state index in [-0.39, 0.29) is 10.3 Å². The first kappa shape index (κ1) is 18.6. The number of H-pyrrole nitrogens is 1. The summed E-state index contributed by atoms with van der Waals surface area (Å²) in [6.45, 7) is 0. The number of nitrogens with zero attached hydrogens (tertiary/aromatic N) is 3. The number of furan rings is 1. The van der Waals surface area contributed by atoms with E-state index in [0.29, 0.717) is 40.7 Å². The highest BCUT2D eigenvalue weighted by atomic mass is 79.9. The molecule has 0 spiro atoms. The molecule has 0 aliphatic heterocycles. The number of benzene rings is 2. The van der Waals surface area contributed by atoms with Gasteiger partial charge in [-0.25, -0.2) is 4.39 Å². The number of alkyl halides is 3. The van der Waals surface area contributed by atoms with Crippen molar-refractivity contribution in [3.8, 4) is 11.6 Å². The number of rotatable bonds is 4. The van der Waals surface area contributed by atoms with Crippen molar-refractivity contribution in [2.45, 2.75) is 19.0 Å². The number of hydrogen-bond acceptors (Lipinski definition) is 4. The average molecular weight is 455 g/mol. The van der Waals surface area contributed by atoms with Crippen molar-refractivity contribution in [1.82, 2.24) is 20.6 Å². The molecule has 0 radical (unpaired) electrons. The lowest BCUT2D eigenvalue weighted by Gasteiger charge is -2.11. The highest BCUT2D eigenvalue weighted by Crippen LogP contribution is 2.35. The molecule has 0 bridgehead atoms. The number of fused-ring (bicyclic) bond motifs is 1. The molecular formula is C18H11BrF4N4O. The summed E-state index contributed by atoms with van der Waals surface area (Å²) in [4.78, 5) is 0. The minimum Gasteiger partial charge on any atom is -0.453 e. The Morgan fingerprint density at radius 1 is 1.07 bits per heavy atom. The Bertz CT molecular complexity index is 1140. The van der Waals surface area contributed by atoms with E-state index in [1.54, 1.807) is 12.1 Å². The molecule has 0 aliphatic carbocycles. The van der Waals surface area contributed by atoms with Gasteiger partial charge in [-0.15, -0.1) is 10.2 Å². The third-order valence-electron chi connectivity index (χ3n) is 4.27. The van der Waals surface area contributed by atoms with Crippen LogP contribution in [-0.2, 0) is 19.0 Å². The van der Waals surface area contributed by atoms with Gasteiger partial charge in [-0.3, -0.25) is 0 Å². The molecule has 10 heteroatoms. The maximum absolute atomic E-state index is 14.4. The predicted molar refractivity (Wildman–Crippen MR) is 95.9 cm³/mol. The molecule has 1 N–H and O–H groups in total. The van der Waals surface area contributed by atoms with E-state index in [0.717, 1.165) is 6.07 Å². The van der Waals surface area contributed by atoms with Crippen LogP contribution < -0.4 is 0 Å². The van der Waals surface area contributed by atoms with E-state index in [9.17, 15) is 17.6 Å². The number of aromatic amines is 1. The van der Waals surface area contributed by atoms with Gasteiger partial charge >= 0.3 is 6.18 Å². The Labute approximate surface area is 163 Å². The average Bonchev–Trinajstić information content (AvgIpc) is 3.27. The summed E-state index contributed by atoms with van der Waals surface area (Å²) in [6, 6.07) is 8.35. The molecule has 0 unspecified atom stereocenters. The standard InChI is InChI=1S/C18H11BrF4N4O/c19-13-5-9(2-4-12(13)18(21,22)23)1-3-10-7-15-11(6-14(10)20)8-16(28-15)17-24-26-27-25-17/h2,4-8H,1,3H2,(H,24,25,26,27). The van der Waals surface area contributed by atoms with Crippen LogP contribution >= 0.6 is 15.9 Å². The van der Waals surface area contributed by atoms with E-state index in [4.69, 9.17) is 4.42 Å². The van der Waals surface area contributed by atoms with Crippen LogP contribution in [0.25, 0.3) is 22.6 Å². The zero-order chi connectivity index (χ0) is 19.9. The van der Waals surface area contributed by atoms with Gasteiger partial charge in [-0.1, -0.05) is 22.0 Å². The van der Waals surface area contributed by atoms with Gasteiger partial charge in [0.05, 0.1) is 5.56 Å². The quantitative estimate of drug-likeness (QED) is 0.423. The summed E-state index contributed by atoms with van der Waals surface area (Å²) < 4.78 is 58.5. The van der Waals surface area contributed by atoms with Gasteiger partial charge in [-0.05, 0) is 59.5 Å². The fraction of sp³-hybridized carbons (Fsp3) is 0.167. The molecule has 0 saturated heterocycles. The fourth-order valence-corrected chi connectivity index (χ4v) is 3.54. The molecule has 0 aliphatic rings. The van der Waals surface area contributed by atoms with E-state index in [2.05, 4.69) is 36.6 Å². The minimum atomic E-state index is -4.43. The smallest absolute Gasteiger partial charge is 0.417 e. The molecule has 0 fully saturated rings. The summed E-state index contributed by atoms with van der Waals surface area (Å²) in [5, 5.41) is 13.9. The summed E-state index contributed by atoms with van der Waals surface area (Å²) in [5.74, 6) is 0.193. The minimum absolute atomic E-state index is 0.0378. The SMILES string of the molecule is Fc1cc2cc(-c3nn[nH]n3)oc2cc1CCc1ccc(C(F)(F)F)c(Br)c1. The normalized spacial score (nSPS) is 12.0. The molecule has 0 saturated carbocycles. The maximum atomic E-state index is 14.4. The van der Waals surface area contributed by atoms with Crippen molar-refractivity contribution in [2.24, 2.45) is 0 Å². The number of halogens is 5. The molecule has 144 valence electrons. The van der Waals surface area contributed by atoms with Crippen LogP contribution in [0.5, 0.6) is 0 Å². The second kappa shape index (κ2) is 7.01. The predicted octanol–water partition coefficient (Wildman–Crippen LogP) is 5.32. The topological polar surface area (TPSA) is 67.6 Å². The van der Waals surface area contributed by atoms with Crippen molar-refractivity contribution in [1.29, 1.82) is 0 Å². The molecule has 2 aromatic carbocycles. The van der Waals surface area contributed by atoms with Crippen molar-refractivity contribution >= 4 is 26.9 Å². The highest BCUT2D eigenvalue weighted by molar-refractivity contribution is 9.10. The zero-order valence-corrected chi connectivity index (χ0v) is 15.6. The van der Waals surface area contributed by atoms with Crippen LogP contribution in [0.1, 0.15) is 16.7 Å². The Morgan fingerprint density at radius 3 is 2.57 bits per heavy atom. The van der Waals surface area contributed by atoms with Crippen LogP contribution in [0.3, 0.4) is 0 Å². The van der Waals surface area contributed by atoms with E-state index < -0.39 is 17.6 Å². The van der Waals surface area contributed by atoms with Crippen molar-refractivity contribution in [2.75, 3.05) is 0 Å². The summed E-state index contributed by atoms with van der Waals surface area (Å²) in [7, 11) is 0. The second-order valence-corrected chi connectivity index (χ2v) is 6.99. The molecule has 0 atom stereocenters. The van der Waals surface area contributed by atoms with Crippen LogP contribution in [0.15, 0.2) is 45.3 Å². The lowest BCUT2D eigenvalue weighted by molar-refractivity contribution is -0.138. The molecule has 28 heavy (non-hydrogen) atoms. The van der Waals surface area contributed by atoms with E-state index in [1.807, 2.05) is 0 Å². The van der Waals surface area contributed by atoms with Gasteiger partial charge in [0.1, 0.15) is 11.4 Å². The lowest BCUT2D eigenvalue weighted by Crippen LogP contribution is -2.06. The Balaban J connectivity index is 1.56. The number of nitrogens with one attached hydrogen (secondary N) is 1. The number of hydrogen-bond donors (Lipinski definition) is 1. The van der Waals surface area contributed by atoms with Gasteiger partial charge in [0, 0.05) is 9.86 Å². The van der Waals surface area contributed by atoms with Gasteiger partial charge < -0.3 is 4.42 Å². The summed E-state index contributed by atoms with van der Waals surface area (Å²) >= 11 is 2.95. The molecule has 2 aromatic heterocycles. The first-order chi connectivity index (χ1) is 13.3. The monoisotopic (exact) mass is 454 g/mol. The Hall–Kier alpha value is -2.75. The zero-order valence-electron chi connectivity index (χ0n) is 14.0. The molecule has 2 heterocycles. The Kier molecular flexibility index (Phi) is 4.66. The fourth-order valence-electron chi connectivity index (χ4n) is 2.89. The van der Waals surface area contributed by atoms with Gasteiger partial charge in [-0.2, -0.15) is 18.4 Å². The second-order valence-electron chi connectivity index (χ2n) is 6.14. The summed E-state index contributed by atoms with van der Waals surface area (Å²) in [5.41, 5.74) is 0.780. The Morgan fingerprint density at radius 2 is 1.89 bits per heavy atom. The molecule has 5 nitrogen and oxygen atoms in total. The van der Waals surface area contributed by atoms with E-state index >= 15 is 0 Å². The molecular weight excluding hydrogens is 444 g/mol. The van der Waals surface area contributed by atoms with Crippen molar-refractivity contribution < 1.29 is 22.0 Å². The maximum Gasteiger partial charge on any atom is 0.417 e. The molecule has 4 aromatic rings. The van der Waals surface area contributed by atoms with E-state index in [1.165, 1.54) is 18.2 Å². The highest BCUT2D eigenvalue weighted by Gasteiger charge is 2.32. The largest absolute Gasteiger partial charge is 0.453 e. The van der Waals surface area contributed by atoms with Gasteiger partial charge in [0.25, 0.3) is 0 Å². The first-order valence-electron chi connectivity index (χ1n) is 8.12. The van der Waals surface area contributed by atoms with Crippen LogP contribution in [0.2, 0.25) is 0 Å². The number of tetrazole rings is 1. The molecule has 4 rings (SSSR count). The van der Waals surface area contributed by atoms with Crippen LogP contribution in [0, 0.1) is 5.82 Å². The number of aromatic nitrogens is 4. The third-order valence-corrected chi connectivity index (χ3v) is 4.93. The first-order valence-corrected chi connectivity index (χ1v) is 8.92. The number of aryl methyl sites for hydroxylation is 2. The summed E-state index contributed by atoms with van der Waals surface area (Å²) in [6.07, 6.45) is -3.75. The molecule has 0 amide bonds. The van der Waals surface area contributed by atoms with Crippen LogP contribution in [-0.4, -0.2) is 20.6 Å².